The van der Waals surface area contributed by atoms with Crippen LogP contribution in [0.25, 0.3) is 0 Å². The zero-order chi connectivity index (χ0) is 12.5. The molecule has 1 fully saturated rings. The normalized spacial score (nSPS) is 24.2. The van der Waals surface area contributed by atoms with Crippen molar-refractivity contribution in [3.8, 4) is 0 Å². The number of halogens is 1. The summed E-state index contributed by atoms with van der Waals surface area (Å²) in [4.78, 5) is 2.43. The van der Waals surface area contributed by atoms with Gasteiger partial charge in [0.1, 0.15) is 11.6 Å². The van der Waals surface area contributed by atoms with E-state index in [1.54, 1.807) is 0 Å². The van der Waals surface area contributed by atoms with Gasteiger partial charge in [-0.2, -0.15) is 0 Å². The highest BCUT2D eigenvalue weighted by molar-refractivity contribution is 5.85. The fourth-order valence-corrected chi connectivity index (χ4v) is 2.58. The van der Waals surface area contributed by atoms with Crippen molar-refractivity contribution in [1.29, 1.82) is 0 Å². The van der Waals surface area contributed by atoms with Crippen molar-refractivity contribution in [3.63, 3.8) is 0 Å². The molecule has 0 aliphatic carbocycles. The van der Waals surface area contributed by atoms with E-state index in [1.807, 2.05) is 6.92 Å². The Morgan fingerprint density at radius 1 is 1.39 bits per heavy atom. The van der Waals surface area contributed by atoms with Crippen LogP contribution in [0.1, 0.15) is 31.9 Å². The van der Waals surface area contributed by atoms with Gasteiger partial charge in [-0.3, -0.25) is 4.90 Å². The molecule has 5 nitrogen and oxygen atoms in total. The Labute approximate surface area is 115 Å². The number of aromatic nitrogens is 3. The monoisotopic (exact) mass is 273 g/mol. The van der Waals surface area contributed by atoms with Gasteiger partial charge in [0, 0.05) is 13.1 Å². The number of rotatable bonds is 4. The smallest absolute Gasteiger partial charge is 0.147 e. The molecule has 0 saturated carbocycles. The molecule has 0 bridgehead atoms. The third kappa shape index (κ3) is 3.02. The minimum absolute atomic E-state index is 0. The Morgan fingerprint density at radius 2 is 2.11 bits per heavy atom. The van der Waals surface area contributed by atoms with Crippen LogP contribution in [-0.4, -0.2) is 39.3 Å². The highest BCUT2D eigenvalue weighted by Crippen LogP contribution is 2.29. The molecule has 1 aromatic heterocycles. The van der Waals surface area contributed by atoms with Gasteiger partial charge in [0.15, 0.2) is 0 Å². The number of hydrogen-bond donors (Lipinski definition) is 1. The van der Waals surface area contributed by atoms with E-state index in [2.05, 4.69) is 33.5 Å². The van der Waals surface area contributed by atoms with Gasteiger partial charge in [-0.05, 0) is 38.8 Å². The van der Waals surface area contributed by atoms with E-state index in [1.165, 1.54) is 6.42 Å². The Morgan fingerprint density at radius 3 is 2.67 bits per heavy atom. The number of aryl methyl sites for hydroxylation is 1. The largest absolute Gasteiger partial charge is 0.330 e. The zero-order valence-electron chi connectivity index (χ0n) is 11.5. The van der Waals surface area contributed by atoms with Crippen molar-refractivity contribution in [2.75, 3.05) is 19.6 Å². The van der Waals surface area contributed by atoms with E-state index >= 15 is 0 Å². The molecule has 1 atom stereocenters. The Kier molecular flexibility index (Phi) is 5.13. The third-order valence-electron chi connectivity index (χ3n) is 3.82. The summed E-state index contributed by atoms with van der Waals surface area (Å²) in [5.74, 6) is 2.08. The molecule has 2 rings (SSSR count). The molecule has 6 heteroatoms. The highest BCUT2D eigenvalue weighted by atomic mass is 35.5. The zero-order valence-corrected chi connectivity index (χ0v) is 12.3. The van der Waals surface area contributed by atoms with Crippen LogP contribution >= 0.6 is 12.4 Å². The molecular formula is C12H24ClN5. The molecule has 0 radical (unpaired) electrons. The average molecular weight is 274 g/mol. The number of nitrogens with zero attached hydrogens (tertiary/aromatic N) is 4. The highest BCUT2D eigenvalue weighted by Gasteiger charge is 2.32. The molecule has 1 aliphatic heterocycles. The molecule has 2 N–H and O–H groups in total. The van der Waals surface area contributed by atoms with Crippen LogP contribution in [0.15, 0.2) is 0 Å². The second-order valence-corrected chi connectivity index (χ2v) is 5.38. The van der Waals surface area contributed by atoms with Crippen molar-refractivity contribution < 1.29 is 0 Å². The maximum atomic E-state index is 5.82. The molecule has 0 aromatic carbocycles. The van der Waals surface area contributed by atoms with Crippen molar-refractivity contribution >= 4 is 12.4 Å². The van der Waals surface area contributed by atoms with Crippen LogP contribution < -0.4 is 5.73 Å². The molecule has 0 amide bonds. The first-order chi connectivity index (χ1) is 8.08. The molecule has 1 aliphatic rings. The molecule has 0 spiro atoms. The molecule has 18 heavy (non-hydrogen) atoms. The summed E-state index contributed by atoms with van der Waals surface area (Å²) in [5.41, 5.74) is 6.11. The molecule has 1 unspecified atom stereocenters. The van der Waals surface area contributed by atoms with Gasteiger partial charge in [0.25, 0.3) is 0 Å². The second-order valence-electron chi connectivity index (χ2n) is 5.38. The van der Waals surface area contributed by atoms with Crippen LogP contribution in [0.2, 0.25) is 0 Å². The summed E-state index contributed by atoms with van der Waals surface area (Å²) in [6.45, 7) is 11.2. The predicted octanol–water partition coefficient (Wildman–Crippen LogP) is 1.20. The van der Waals surface area contributed by atoms with Crippen LogP contribution in [0.3, 0.4) is 0 Å². The fourth-order valence-electron chi connectivity index (χ4n) is 2.58. The fraction of sp³-hybridized carbons (Fsp3) is 0.833. The van der Waals surface area contributed by atoms with Crippen molar-refractivity contribution in [2.24, 2.45) is 11.1 Å². The van der Waals surface area contributed by atoms with Crippen LogP contribution in [0.4, 0.5) is 0 Å². The van der Waals surface area contributed by atoms with Gasteiger partial charge in [-0.1, -0.05) is 6.92 Å². The Hall–Kier alpha value is -0.650. The first-order valence-electron chi connectivity index (χ1n) is 6.39. The van der Waals surface area contributed by atoms with Gasteiger partial charge < -0.3 is 10.3 Å². The van der Waals surface area contributed by atoms with E-state index < -0.39 is 0 Å². The van der Waals surface area contributed by atoms with Crippen molar-refractivity contribution in [1.82, 2.24) is 19.7 Å². The predicted molar refractivity (Wildman–Crippen MR) is 74.7 cm³/mol. The van der Waals surface area contributed by atoms with Crippen molar-refractivity contribution in [3.05, 3.63) is 11.6 Å². The molecule has 104 valence electrons. The average Bonchev–Trinajstić information content (AvgIpc) is 2.85. The maximum absolute atomic E-state index is 5.82. The maximum Gasteiger partial charge on any atom is 0.147 e. The summed E-state index contributed by atoms with van der Waals surface area (Å²) < 4.78 is 2.18. The van der Waals surface area contributed by atoms with Crippen LogP contribution in [-0.2, 0) is 13.1 Å². The molecule has 1 aromatic rings. The number of hydrogen-bond acceptors (Lipinski definition) is 4. The summed E-state index contributed by atoms with van der Waals surface area (Å²) in [6, 6.07) is 0. The summed E-state index contributed by atoms with van der Waals surface area (Å²) in [7, 11) is 0. The Bertz CT molecular complexity index is 392. The first kappa shape index (κ1) is 15.4. The quantitative estimate of drug-likeness (QED) is 0.896. The van der Waals surface area contributed by atoms with Gasteiger partial charge >= 0.3 is 0 Å². The Balaban J connectivity index is 0.00000162. The van der Waals surface area contributed by atoms with E-state index in [0.29, 0.717) is 0 Å². The van der Waals surface area contributed by atoms with Gasteiger partial charge in [0.2, 0.25) is 0 Å². The SMILES string of the molecule is CCn1c(C)nnc1CN1CCC(C)(CN)C1.Cl. The summed E-state index contributed by atoms with van der Waals surface area (Å²) in [6.07, 6.45) is 1.18. The minimum atomic E-state index is 0. The lowest BCUT2D eigenvalue weighted by molar-refractivity contribution is 0.266. The lowest BCUT2D eigenvalue weighted by atomic mass is 9.90. The second kappa shape index (κ2) is 5.99. The molecule has 1 saturated heterocycles. The number of likely N-dealkylation sites (tertiary alicyclic amines) is 1. The number of nitrogens with two attached hydrogens (primary N) is 1. The molecule has 2 heterocycles. The lowest BCUT2D eigenvalue weighted by Gasteiger charge is -2.22. The van der Waals surface area contributed by atoms with E-state index in [4.69, 9.17) is 5.73 Å². The first-order valence-corrected chi connectivity index (χ1v) is 6.39. The topological polar surface area (TPSA) is 60.0 Å². The van der Waals surface area contributed by atoms with E-state index in [0.717, 1.165) is 44.4 Å². The van der Waals surface area contributed by atoms with E-state index in [-0.39, 0.29) is 17.8 Å². The summed E-state index contributed by atoms with van der Waals surface area (Å²) >= 11 is 0. The van der Waals surface area contributed by atoms with Crippen LogP contribution in [0, 0.1) is 12.3 Å². The standard InChI is InChI=1S/C12H23N5.ClH/c1-4-17-10(2)14-15-11(17)7-16-6-5-12(3,8-13)9-16;/h4-9,13H2,1-3H3;1H. The van der Waals surface area contributed by atoms with Crippen LogP contribution in [0.5, 0.6) is 0 Å². The van der Waals surface area contributed by atoms with E-state index in [9.17, 15) is 0 Å². The lowest BCUT2D eigenvalue weighted by Crippen LogP contribution is -2.31. The third-order valence-corrected chi connectivity index (χ3v) is 3.82. The molecular weight excluding hydrogens is 250 g/mol. The van der Waals surface area contributed by atoms with Gasteiger partial charge in [-0.25, -0.2) is 0 Å². The minimum Gasteiger partial charge on any atom is -0.330 e. The van der Waals surface area contributed by atoms with Gasteiger partial charge in [0.05, 0.1) is 6.54 Å². The summed E-state index contributed by atoms with van der Waals surface area (Å²) in [5, 5.41) is 8.41. The van der Waals surface area contributed by atoms with Crippen molar-refractivity contribution in [2.45, 2.75) is 40.3 Å². The van der Waals surface area contributed by atoms with Gasteiger partial charge in [-0.15, -0.1) is 22.6 Å².